The molecule has 1 saturated heterocycles. The third-order valence-electron chi connectivity index (χ3n) is 5.43. The lowest BCUT2D eigenvalue weighted by atomic mass is 9.82. The number of hydrogen-bond acceptors (Lipinski definition) is 4. The minimum Gasteiger partial charge on any atom is -0.450 e. The number of nitrogens with zero attached hydrogens (tertiary/aromatic N) is 1. The summed E-state index contributed by atoms with van der Waals surface area (Å²) in [6, 6.07) is 5.70. The van der Waals surface area contributed by atoms with E-state index in [-0.39, 0.29) is 11.8 Å². The predicted molar refractivity (Wildman–Crippen MR) is 97.6 cm³/mol. The van der Waals surface area contributed by atoms with Crippen molar-refractivity contribution in [3.8, 4) is 0 Å². The number of esters is 1. The SMILES string of the molecule is CC(=O)N1CCC2(CC1)OC(=O)C(C)=C2C(=O)Nc1ccc(C)c(C)c1. The summed E-state index contributed by atoms with van der Waals surface area (Å²) >= 11 is 0. The number of carbonyl (C=O) groups is 3. The number of anilines is 1. The zero-order valence-electron chi connectivity index (χ0n) is 15.6. The maximum atomic E-state index is 13.0. The molecule has 1 fully saturated rings. The first-order chi connectivity index (χ1) is 12.2. The molecule has 6 heteroatoms. The fraction of sp³-hybridized carbons (Fsp3) is 0.450. The van der Waals surface area contributed by atoms with E-state index < -0.39 is 11.6 Å². The molecule has 1 spiro atoms. The monoisotopic (exact) mass is 356 g/mol. The van der Waals surface area contributed by atoms with Crippen molar-refractivity contribution >= 4 is 23.5 Å². The number of hydrogen-bond donors (Lipinski definition) is 1. The van der Waals surface area contributed by atoms with Crippen LogP contribution in [0.5, 0.6) is 0 Å². The highest BCUT2D eigenvalue weighted by atomic mass is 16.6. The summed E-state index contributed by atoms with van der Waals surface area (Å²) in [5, 5.41) is 2.90. The molecule has 0 aliphatic carbocycles. The standard InChI is InChI=1S/C20H24N2O4/c1-12-5-6-16(11-13(12)2)21-18(24)17-14(3)19(25)26-20(17)7-9-22(10-8-20)15(4)23/h5-6,11H,7-10H2,1-4H3,(H,21,24). The average molecular weight is 356 g/mol. The van der Waals surface area contributed by atoms with Gasteiger partial charge in [0.1, 0.15) is 5.60 Å². The van der Waals surface area contributed by atoms with E-state index in [9.17, 15) is 14.4 Å². The van der Waals surface area contributed by atoms with Gasteiger partial charge in [0.15, 0.2) is 0 Å². The molecule has 0 saturated carbocycles. The molecular weight excluding hydrogens is 332 g/mol. The van der Waals surface area contributed by atoms with Gasteiger partial charge >= 0.3 is 5.97 Å². The largest absolute Gasteiger partial charge is 0.450 e. The Balaban J connectivity index is 1.85. The molecular formula is C20H24N2O4. The zero-order chi connectivity index (χ0) is 19.1. The van der Waals surface area contributed by atoms with E-state index in [1.165, 1.54) is 6.92 Å². The summed E-state index contributed by atoms with van der Waals surface area (Å²) in [7, 11) is 0. The fourth-order valence-electron chi connectivity index (χ4n) is 3.67. The second kappa shape index (κ2) is 6.59. The van der Waals surface area contributed by atoms with E-state index >= 15 is 0 Å². The van der Waals surface area contributed by atoms with Gasteiger partial charge in [-0.1, -0.05) is 6.07 Å². The van der Waals surface area contributed by atoms with Crippen LogP contribution in [0.2, 0.25) is 0 Å². The highest BCUT2D eigenvalue weighted by Crippen LogP contribution is 2.41. The lowest BCUT2D eigenvalue weighted by Crippen LogP contribution is -2.49. The van der Waals surface area contributed by atoms with E-state index in [0.29, 0.717) is 42.8 Å². The molecule has 138 valence electrons. The predicted octanol–water partition coefficient (Wildman–Crippen LogP) is 2.50. The lowest BCUT2D eigenvalue weighted by molar-refractivity contribution is -0.152. The topological polar surface area (TPSA) is 75.7 Å². The number of carbonyl (C=O) groups excluding carboxylic acids is 3. The lowest BCUT2D eigenvalue weighted by Gasteiger charge is -2.39. The van der Waals surface area contributed by atoms with Crippen molar-refractivity contribution in [3.63, 3.8) is 0 Å². The first kappa shape index (κ1) is 18.2. The first-order valence-electron chi connectivity index (χ1n) is 8.82. The quantitative estimate of drug-likeness (QED) is 0.826. The molecule has 2 aliphatic heterocycles. The van der Waals surface area contributed by atoms with Crippen molar-refractivity contribution < 1.29 is 19.1 Å². The Bertz CT molecular complexity index is 817. The number of ether oxygens (including phenoxy) is 1. The molecule has 1 aromatic carbocycles. The molecule has 0 aromatic heterocycles. The average Bonchev–Trinajstić information content (AvgIpc) is 2.81. The summed E-state index contributed by atoms with van der Waals surface area (Å²) in [5.41, 5.74) is 2.72. The molecule has 2 amide bonds. The van der Waals surface area contributed by atoms with E-state index in [0.717, 1.165) is 11.1 Å². The van der Waals surface area contributed by atoms with Crippen LogP contribution in [0.15, 0.2) is 29.3 Å². The Morgan fingerprint density at radius 2 is 1.77 bits per heavy atom. The number of benzene rings is 1. The Morgan fingerprint density at radius 1 is 1.12 bits per heavy atom. The van der Waals surface area contributed by atoms with Crippen LogP contribution in [0.3, 0.4) is 0 Å². The minimum absolute atomic E-state index is 0.00833. The van der Waals surface area contributed by atoms with Crippen molar-refractivity contribution in [2.45, 2.75) is 46.1 Å². The number of nitrogens with one attached hydrogen (secondary N) is 1. The Morgan fingerprint density at radius 3 is 2.35 bits per heavy atom. The molecule has 2 heterocycles. The molecule has 1 aromatic rings. The van der Waals surface area contributed by atoms with E-state index in [2.05, 4.69) is 5.32 Å². The highest BCUT2D eigenvalue weighted by Gasteiger charge is 2.51. The van der Waals surface area contributed by atoms with Gasteiger partial charge in [-0.3, -0.25) is 9.59 Å². The highest BCUT2D eigenvalue weighted by molar-refractivity contribution is 6.12. The minimum atomic E-state index is -0.934. The van der Waals surface area contributed by atoms with Gasteiger partial charge in [-0.15, -0.1) is 0 Å². The van der Waals surface area contributed by atoms with Crippen LogP contribution in [0.1, 0.15) is 37.8 Å². The van der Waals surface area contributed by atoms with Gasteiger partial charge in [0.25, 0.3) is 5.91 Å². The van der Waals surface area contributed by atoms with Crippen molar-refractivity contribution in [2.24, 2.45) is 0 Å². The van der Waals surface area contributed by atoms with Crippen molar-refractivity contribution in [3.05, 3.63) is 40.5 Å². The van der Waals surface area contributed by atoms with Gasteiger partial charge in [0.2, 0.25) is 5.91 Å². The van der Waals surface area contributed by atoms with Gasteiger partial charge in [-0.25, -0.2) is 4.79 Å². The molecule has 0 unspecified atom stereocenters. The second-order valence-electron chi connectivity index (χ2n) is 7.14. The van der Waals surface area contributed by atoms with Crippen molar-refractivity contribution in [2.75, 3.05) is 18.4 Å². The Hall–Kier alpha value is -2.63. The van der Waals surface area contributed by atoms with Crippen LogP contribution in [-0.4, -0.2) is 41.4 Å². The van der Waals surface area contributed by atoms with Crippen molar-refractivity contribution in [1.82, 2.24) is 4.90 Å². The molecule has 0 bridgehead atoms. The number of likely N-dealkylation sites (tertiary alicyclic amines) is 1. The second-order valence-corrected chi connectivity index (χ2v) is 7.14. The third kappa shape index (κ3) is 3.11. The number of amides is 2. The van der Waals surface area contributed by atoms with Crippen LogP contribution < -0.4 is 5.32 Å². The fourth-order valence-corrected chi connectivity index (χ4v) is 3.67. The molecule has 2 aliphatic rings. The van der Waals surface area contributed by atoms with E-state index in [1.807, 2.05) is 32.0 Å². The van der Waals surface area contributed by atoms with Gasteiger partial charge in [0, 0.05) is 44.1 Å². The van der Waals surface area contributed by atoms with E-state index in [4.69, 9.17) is 4.74 Å². The molecule has 26 heavy (non-hydrogen) atoms. The van der Waals surface area contributed by atoms with Crippen LogP contribution in [0.4, 0.5) is 5.69 Å². The summed E-state index contributed by atoms with van der Waals surface area (Å²) in [6.45, 7) is 8.08. The third-order valence-corrected chi connectivity index (χ3v) is 5.43. The van der Waals surface area contributed by atoms with Crippen LogP contribution in [-0.2, 0) is 19.1 Å². The Kier molecular flexibility index (Phi) is 4.61. The van der Waals surface area contributed by atoms with Gasteiger partial charge in [0.05, 0.1) is 5.57 Å². The maximum absolute atomic E-state index is 13.0. The van der Waals surface area contributed by atoms with Gasteiger partial charge < -0.3 is 15.0 Å². The van der Waals surface area contributed by atoms with Crippen LogP contribution in [0.25, 0.3) is 0 Å². The summed E-state index contributed by atoms with van der Waals surface area (Å²) in [5.74, 6) is -0.773. The number of piperidine rings is 1. The summed E-state index contributed by atoms with van der Waals surface area (Å²) in [4.78, 5) is 38.4. The van der Waals surface area contributed by atoms with Crippen LogP contribution >= 0.6 is 0 Å². The summed E-state index contributed by atoms with van der Waals surface area (Å²) < 4.78 is 5.63. The van der Waals surface area contributed by atoms with Gasteiger partial charge in [-0.05, 0) is 44.0 Å². The normalized spacial score (nSPS) is 18.9. The molecule has 0 atom stereocenters. The number of aryl methyl sites for hydroxylation is 2. The number of rotatable bonds is 2. The maximum Gasteiger partial charge on any atom is 0.335 e. The molecule has 3 rings (SSSR count). The molecule has 6 nitrogen and oxygen atoms in total. The van der Waals surface area contributed by atoms with Gasteiger partial charge in [-0.2, -0.15) is 0 Å². The van der Waals surface area contributed by atoms with E-state index in [1.54, 1.807) is 11.8 Å². The first-order valence-corrected chi connectivity index (χ1v) is 8.82. The smallest absolute Gasteiger partial charge is 0.335 e. The molecule has 1 N–H and O–H groups in total. The van der Waals surface area contributed by atoms with Crippen molar-refractivity contribution in [1.29, 1.82) is 0 Å². The summed E-state index contributed by atoms with van der Waals surface area (Å²) in [6.07, 6.45) is 0.872. The Labute approximate surface area is 153 Å². The molecule has 0 radical (unpaired) electrons. The van der Waals surface area contributed by atoms with Crippen LogP contribution in [0, 0.1) is 13.8 Å². The zero-order valence-corrected chi connectivity index (χ0v) is 15.6.